The van der Waals surface area contributed by atoms with Gasteiger partial charge < -0.3 is 15.9 Å². The summed E-state index contributed by atoms with van der Waals surface area (Å²) in [5, 5.41) is 0. The summed E-state index contributed by atoms with van der Waals surface area (Å²) in [6.07, 6.45) is 8.86. The Morgan fingerprint density at radius 1 is 1.31 bits per heavy atom. The molecule has 2 aromatic rings. The molecule has 7 nitrogen and oxygen atoms in total. The Labute approximate surface area is 150 Å². The van der Waals surface area contributed by atoms with E-state index in [1.807, 2.05) is 0 Å². The molecule has 0 saturated heterocycles. The molecule has 0 aliphatic carbocycles. The van der Waals surface area contributed by atoms with Crippen LogP contribution in [0.2, 0.25) is 0 Å². The fourth-order valence-corrected chi connectivity index (χ4v) is 1.84. The molecule has 0 atom stereocenters. The molecule has 2 rings (SSSR count). The minimum Gasteiger partial charge on any atom is -0.443 e. The third-order valence-electron chi connectivity index (χ3n) is 3.15. The molecule has 0 aliphatic heterocycles. The molecule has 0 fully saturated rings. The lowest BCUT2D eigenvalue weighted by Crippen LogP contribution is -2.07. The van der Waals surface area contributed by atoms with E-state index in [0.717, 1.165) is 0 Å². The second-order valence-electron chi connectivity index (χ2n) is 5.02. The summed E-state index contributed by atoms with van der Waals surface area (Å²) in [6, 6.07) is 6.40. The second-order valence-corrected chi connectivity index (χ2v) is 5.02. The van der Waals surface area contributed by atoms with Gasteiger partial charge >= 0.3 is 0 Å². The molecule has 0 radical (unpaired) electrons. The largest absolute Gasteiger partial charge is 0.443 e. The van der Waals surface area contributed by atoms with Gasteiger partial charge in [0, 0.05) is 25.0 Å². The summed E-state index contributed by atoms with van der Waals surface area (Å²) in [6.45, 7) is 0.120. The van der Waals surface area contributed by atoms with Crippen molar-refractivity contribution in [3.63, 3.8) is 0 Å². The molecule has 4 N–H and O–H groups in total. The molecule has 0 bridgehead atoms. The number of amidine groups is 1. The lowest BCUT2D eigenvalue weighted by atomic mass is 10.2. The van der Waals surface area contributed by atoms with Gasteiger partial charge in [0.1, 0.15) is 23.6 Å². The molecular formula is C18H19FN6O. The molecule has 1 heterocycles. The minimum absolute atomic E-state index is 0.120. The van der Waals surface area contributed by atoms with E-state index in [2.05, 4.69) is 20.0 Å². The number of nitrogens with two attached hydrogens (primary N) is 2. The highest BCUT2D eigenvalue weighted by Gasteiger charge is 2.07. The average Bonchev–Trinajstić information content (AvgIpc) is 3.17. The first-order chi connectivity index (χ1) is 12.6. The zero-order valence-corrected chi connectivity index (χ0v) is 14.2. The molecule has 0 aliphatic rings. The number of aromatic nitrogens is 1. The predicted octanol–water partition coefficient (Wildman–Crippen LogP) is 2.22. The maximum atomic E-state index is 13.7. The Morgan fingerprint density at radius 3 is 2.81 bits per heavy atom. The lowest BCUT2D eigenvalue weighted by Gasteiger charge is -2.01. The summed E-state index contributed by atoms with van der Waals surface area (Å²) >= 11 is 0. The van der Waals surface area contributed by atoms with Gasteiger partial charge in [-0.05, 0) is 18.2 Å². The van der Waals surface area contributed by atoms with Crippen LogP contribution < -0.4 is 11.5 Å². The smallest absolute Gasteiger partial charge is 0.244 e. The first-order valence-corrected chi connectivity index (χ1v) is 7.67. The standard InChI is InChI=1S/C18H19FN6O/c1-22-17(21)6-7-23-12-14(20)10-16(18-24-8-9-26-18)25-11-13-4-2-3-5-15(13)19/h2-10,12H,11,20H2,1H3,(H2,21,22)/b7-6-,14-10?,23-12?,25-16?. The number of nitrogens with zero attached hydrogens (tertiary/aromatic N) is 4. The summed E-state index contributed by atoms with van der Waals surface area (Å²) in [5.74, 6) is 0.286. The maximum Gasteiger partial charge on any atom is 0.244 e. The van der Waals surface area contributed by atoms with Crippen LogP contribution in [0.25, 0.3) is 0 Å². The lowest BCUT2D eigenvalue weighted by molar-refractivity contribution is 0.547. The van der Waals surface area contributed by atoms with E-state index in [-0.39, 0.29) is 18.3 Å². The predicted molar refractivity (Wildman–Crippen MR) is 101 cm³/mol. The van der Waals surface area contributed by atoms with Crippen LogP contribution in [0.3, 0.4) is 0 Å². The van der Waals surface area contributed by atoms with E-state index in [1.54, 1.807) is 31.3 Å². The Morgan fingerprint density at radius 2 is 2.12 bits per heavy atom. The van der Waals surface area contributed by atoms with Crippen LogP contribution in [0.1, 0.15) is 11.5 Å². The van der Waals surface area contributed by atoms with Crippen molar-refractivity contribution in [1.82, 2.24) is 4.98 Å². The SMILES string of the molecule is CN=C(N)/C=C\N=CC(N)=CC(=NCc1ccccc1F)c1ncco1. The molecule has 134 valence electrons. The van der Waals surface area contributed by atoms with Crippen LogP contribution in [0, 0.1) is 5.82 Å². The van der Waals surface area contributed by atoms with Gasteiger partial charge in [-0.1, -0.05) is 18.2 Å². The summed E-state index contributed by atoms with van der Waals surface area (Å²) in [4.78, 5) is 16.2. The van der Waals surface area contributed by atoms with E-state index in [1.165, 1.54) is 37.0 Å². The second kappa shape index (κ2) is 9.67. The summed E-state index contributed by atoms with van der Waals surface area (Å²) in [7, 11) is 1.58. The van der Waals surface area contributed by atoms with Crippen LogP contribution in [-0.2, 0) is 6.54 Å². The van der Waals surface area contributed by atoms with Gasteiger partial charge in [-0.3, -0.25) is 15.0 Å². The van der Waals surface area contributed by atoms with Crippen LogP contribution in [0.4, 0.5) is 4.39 Å². The number of allylic oxidation sites excluding steroid dienone is 2. The Hall–Kier alpha value is -3.55. The van der Waals surface area contributed by atoms with Gasteiger partial charge in [0.2, 0.25) is 5.89 Å². The topological polar surface area (TPSA) is 115 Å². The van der Waals surface area contributed by atoms with E-state index in [4.69, 9.17) is 15.9 Å². The minimum atomic E-state index is -0.332. The molecule has 0 saturated carbocycles. The van der Waals surface area contributed by atoms with Gasteiger partial charge in [0.05, 0.1) is 18.4 Å². The van der Waals surface area contributed by atoms with Gasteiger partial charge in [-0.2, -0.15) is 0 Å². The highest BCUT2D eigenvalue weighted by molar-refractivity contribution is 6.08. The first-order valence-electron chi connectivity index (χ1n) is 7.67. The van der Waals surface area contributed by atoms with Crippen molar-refractivity contribution < 1.29 is 8.81 Å². The number of hydrogen-bond donors (Lipinski definition) is 2. The van der Waals surface area contributed by atoms with Gasteiger partial charge in [-0.15, -0.1) is 0 Å². The van der Waals surface area contributed by atoms with E-state index >= 15 is 0 Å². The van der Waals surface area contributed by atoms with Crippen LogP contribution in [0.15, 0.2) is 80.2 Å². The highest BCUT2D eigenvalue weighted by atomic mass is 19.1. The number of rotatable bonds is 7. The molecule has 0 unspecified atom stereocenters. The van der Waals surface area contributed by atoms with Crippen molar-refractivity contribution in [3.05, 3.63) is 78.0 Å². The summed E-state index contributed by atoms with van der Waals surface area (Å²) in [5.41, 5.74) is 12.6. The number of benzene rings is 1. The maximum absolute atomic E-state index is 13.7. The van der Waals surface area contributed by atoms with Gasteiger partial charge in [-0.25, -0.2) is 9.37 Å². The summed E-state index contributed by atoms with van der Waals surface area (Å²) < 4.78 is 19.0. The average molecular weight is 354 g/mol. The van der Waals surface area contributed by atoms with Crippen molar-refractivity contribution in [2.24, 2.45) is 26.4 Å². The zero-order valence-electron chi connectivity index (χ0n) is 14.2. The van der Waals surface area contributed by atoms with Crippen LogP contribution >= 0.6 is 0 Å². The van der Waals surface area contributed by atoms with E-state index < -0.39 is 0 Å². The molecule has 8 heteroatoms. The fraction of sp³-hybridized carbons (Fsp3) is 0.111. The van der Waals surface area contributed by atoms with Crippen LogP contribution in [0.5, 0.6) is 0 Å². The zero-order chi connectivity index (χ0) is 18.8. The molecule has 0 spiro atoms. The van der Waals surface area contributed by atoms with Gasteiger partial charge in [0.25, 0.3) is 0 Å². The fourth-order valence-electron chi connectivity index (χ4n) is 1.84. The van der Waals surface area contributed by atoms with Crippen molar-refractivity contribution >= 4 is 17.8 Å². The Kier molecular flexibility index (Phi) is 6.99. The van der Waals surface area contributed by atoms with Crippen molar-refractivity contribution in [2.75, 3.05) is 7.05 Å². The first kappa shape index (κ1) is 18.8. The highest BCUT2D eigenvalue weighted by Crippen LogP contribution is 2.09. The van der Waals surface area contributed by atoms with E-state index in [0.29, 0.717) is 22.8 Å². The third kappa shape index (κ3) is 5.82. The quantitative estimate of drug-likeness (QED) is 0.586. The monoisotopic (exact) mass is 354 g/mol. The molecule has 0 amide bonds. The molecular weight excluding hydrogens is 335 g/mol. The third-order valence-corrected chi connectivity index (χ3v) is 3.15. The Bertz CT molecular complexity index is 866. The van der Waals surface area contributed by atoms with E-state index in [9.17, 15) is 4.39 Å². The Balaban J connectivity index is 2.20. The normalized spacial score (nSPS) is 13.8. The number of halogens is 1. The van der Waals surface area contributed by atoms with Crippen molar-refractivity contribution in [3.8, 4) is 0 Å². The number of hydrogen-bond acceptors (Lipinski definition) is 6. The van der Waals surface area contributed by atoms with Crippen LogP contribution in [-0.4, -0.2) is 29.8 Å². The number of aliphatic imine (C=N–C) groups is 3. The van der Waals surface area contributed by atoms with Crippen molar-refractivity contribution in [2.45, 2.75) is 6.54 Å². The van der Waals surface area contributed by atoms with Crippen molar-refractivity contribution in [1.29, 1.82) is 0 Å². The number of oxazole rings is 1. The molecule has 1 aromatic heterocycles. The molecule has 26 heavy (non-hydrogen) atoms. The molecule has 1 aromatic carbocycles. The van der Waals surface area contributed by atoms with Gasteiger partial charge in [0.15, 0.2) is 0 Å².